The Bertz CT molecular complexity index is 368. The Balaban J connectivity index is 2.22. The molecule has 1 saturated heterocycles. The summed E-state index contributed by atoms with van der Waals surface area (Å²) in [5.74, 6) is -1.98. The lowest BCUT2D eigenvalue weighted by molar-refractivity contribution is -0.139. The van der Waals surface area contributed by atoms with Gasteiger partial charge in [0.15, 0.2) is 0 Å². The van der Waals surface area contributed by atoms with Gasteiger partial charge >= 0.3 is 18.0 Å². The molecule has 2 amide bonds. The van der Waals surface area contributed by atoms with Crippen molar-refractivity contribution in [1.29, 1.82) is 0 Å². The Morgan fingerprint density at radius 1 is 1.15 bits per heavy atom. The van der Waals surface area contributed by atoms with Crippen LogP contribution in [0, 0.1) is 0 Å². The van der Waals surface area contributed by atoms with E-state index >= 15 is 0 Å². The number of nitrogens with one attached hydrogen (secondary N) is 1. The lowest BCUT2D eigenvalue weighted by Gasteiger charge is -2.33. The first-order chi connectivity index (χ1) is 9.40. The van der Waals surface area contributed by atoms with Gasteiger partial charge in [-0.2, -0.15) is 0 Å². The molecule has 1 atom stereocenters. The molecule has 0 saturated carbocycles. The standard InChI is InChI=1S/C11H20N4O5/c12-8(10(18)19)1-2-13-11(20)15-5-3-14(4-6-15)7-9(16)17/h8H,1-7,12H2,(H,13,20)(H,16,17)(H,18,19). The van der Waals surface area contributed by atoms with Crippen LogP contribution in [-0.4, -0.2) is 83.3 Å². The van der Waals surface area contributed by atoms with Crippen LogP contribution in [0.15, 0.2) is 0 Å². The first-order valence-electron chi connectivity index (χ1n) is 6.35. The number of hydrogen-bond donors (Lipinski definition) is 4. The van der Waals surface area contributed by atoms with Crippen molar-refractivity contribution in [2.24, 2.45) is 5.73 Å². The van der Waals surface area contributed by atoms with E-state index in [0.717, 1.165) is 0 Å². The van der Waals surface area contributed by atoms with Crippen LogP contribution in [-0.2, 0) is 9.59 Å². The lowest BCUT2D eigenvalue weighted by Crippen LogP contribution is -2.53. The highest BCUT2D eigenvalue weighted by atomic mass is 16.4. The molecule has 0 aromatic rings. The van der Waals surface area contributed by atoms with E-state index in [1.807, 2.05) is 0 Å². The van der Waals surface area contributed by atoms with Crippen LogP contribution in [0.3, 0.4) is 0 Å². The summed E-state index contributed by atoms with van der Waals surface area (Å²) in [5.41, 5.74) is 5.32. The van der Waals surface area contributed by atoms with Gasteiger partial charge in [0.1, 0.15) is 6.04 Å². The van der Waals surface area contributed by atoms with Crippen molar-refractivity contribution >= 4 is 18.0 Å². The molecule has 1 rings (SSSR count). The molecule has 20 heavy (non-hydrogen) atoms. The third-order valence-electron chi connectivity index (χ3n) is 3.07. The Labute approximate surface area is 116 Å². The van der Waals surface area contributed by atoms with Gasteiger partial charge in [-0.25, -0.2) is 4.79 Å². The number of carbonyl (C=O) groups excluding carboxylic acids is 1. The number of amides is 2. The summed E-state index contributed by atoms with van der Waals surface area (Å²) >= 11 is 0. The highest BCUT2D eigenvalue weighted by Gasteiger charge is 2.22. The molecule has 0 aromatic heterocycles. The molecule has 1 heterocycles. The van der Waals surface area contributed by atoms with Gasteiger partial charge in [-0.3, -0.25) is 14.5 Å². The minimum Gasteiger partial charge on any atom is -0.480 e. The van der Waals surface area contributed by atoms with Crippen molar-refractivity contribution in [2.45, 2.75) is 12.5 Å². The van der Waals surface area contributed by atoms with Gasteiger partial charge < -0.3 is 26.2 Å². The fraction of sp³-hybridized carbons (Fsp3) is 0.727. The van der Waals surface area contributed by atoms with Crippen LogP contribution in [0.5, 0.6) is 0 Å². The van der Waals surface area contributed by atoms with Crippen LogP contribution >= 0.6 is 0 Å². The SMILES string of the molecule is NC(CCNC(=O)N1CCN(CC(=O)O)CC1)C(=O)O. The second kappa shape index (κ2) is 7.65. The van der Waals surface area contributed by atoms with Crippen molar-refractivity contribution in [3.8, 4) is 0 Å². The lowest BCUT2D eigenvalue weighted by atomic mass is 10.2. The second-order valence-electron chi connectivity index (χ2n) is 4.62. The molecule has 1 unspecified atom stereocenters. The first-order valence-corrected chi connectivity index (χ1v) is 6.35. The molecular formula is C11H20N4O5. The summed E-state index contributed by atoms with van der Waals surface area (Å²) < 4.78 is 0. The van der Waals surface area contributed by atoms with Crippen molar-refractivity contribution in [3.63, 3.8) is 0 Å². The van der Waals surface area contributed by atoms with Gasteiger partial charge in [0.05, 0.1) is 6.54 Å². The number of urea groups is 1. The Morgan fingerprint density at radius 2 is 1.75 bits per heavy atom. The molecular weight excluding hydrogens is 268 g/mol. The number of carbonyl (C=O) groups is 3. The maximum Gasteiger partial charge on any atom is 0.320 e. The van der Waals surface area contributed by atoms with Crippen LogP contribution < -0.4 is 11.1 Å². The molecule has 0 bridgehead atoms. The number of hydrogen-bond acceptors (Lipinski definition) is 5. The zero-order valence-corrected chi connectivity index (χ0v) is 11.1. The van der Waals surface area contributed by atoms with Gasteiger partial charge in [0.2, 0.25) is 0 Å². The Hall–Kier alpha value is -1.87. The first kappa shape index (κ1) is 16.2. The number of carboxylic acid groups (broad SMARTS) is 2. The molecule has 0 spiro atoms. The quantitative estimate of drug-likeness (QED) is 0.452. The third-order valence-corrected chi connectivity index (χ3v) is 3.07. The molecule has 9 nitrogen and oxygen atoms in total. The highest BCUT2D eigenvalue weighted by Crippen LogP contribution is 2.01. The van der Waals surface area contributed by atoms with Crippen LogP contribution in [0.25, 0.3) is 0 Å². The van der Waals surface area contributed by atoms with Crippen LogP contribution in [0.1, 0.15) is 6.42 Å². The molecule has 1 aliphatic heterocycles. The molecule has 5 N–H and O–H groups in total. The summed E-state index contributed by atoms with van der Waals surface area (Å²) in [7, 11) is 0. The molecule has 0 aromatic carbocycles. The van der Waals surface area contributed by atoms with Gasteiger partial charge in [0, 0.05) is 32.7 Å². The van der Waals surface area contributed by atoms with E-state index in [4.69, 9.17) is 15.9 Å². The average Bonchev–Trinajstić information content (AvgIpc) is 2.38. The van der Waals surface area contributed by atoms with Gasteiger partial charge in [0.25, 0.3) is 0 Å². The molecule has 1 fully saturated rings. The number of rotatable bonds is 6. The third kappa shape index (κ3) is 5.41. The number of aliphatic carboxylic acids is 2. The molecule has 1 aliphatic rings. The van der Waals surface area contributed by atoms with Crippen LogP contribution in [0.4, 0.5) is 4.79 Å². The van der Waals surface area contributed by atoms with Crippen molar-refractivity contribution in [2.75, 3.05) is 39.3 Å². The van der Waals surface area contributed by atoms with Crippen LogP contribution in [0.2, 0.25) is 0 Å². The largest absolute Gasteiger partial charge is 0.480 e. The van der Waals surface area contributed by atoms with Crippen molar-refractivity contribution in [3.05, 3.63) is 0 Å². The van der Waals surface area contributed by atoms with Crippen molar-refractivity contribution < 1.29 is 24.6 Å². The van der Waals surface area contributed by atoms with E-state index in [-0.39, 0.29) is 25.5 Å². The summed E-state index contributed by atoms with van der Waals surface area (Å²) in [6.07, 6.45) is 0.167. The minimum absolute atomic E-state index is 0.0249. The molecule has 114 valence electrons. The van der Waals surface area contributed by atoms with Gasteiger partial charge in [-0.05, 0) is 6.42 Å². The van der Waals surface area contributed by atoms with E-state index in [2.05, 4.69) is 5.32 Å². The summed E-state index contributed by atoms with van der Waals surface area (Å²) in [6.45, 7) is 2.08. The minimum atomic E-state index is -1.10. The van der Waals surface area contributed by atoms with E-state index in [1.165, 1.54) is 0 Å². The predicted octanol–water partition coefficient (Wildman–Crippen LogP) is -1.80. The monoisotopic (exact) mass is 288 g/mol. The highest BCUT2D eigenvalue weighted by molar-refractivity contribution is 5.75. The van der Waals surface area contributed by atoms with Crippen molar-refractivity contribution in [1.82, 2.24) is 15.1 Å². The maximum absolute atomic E-state index is 11.8. The summed E-state index contributed by atoms with van der Waals surface area (Å²) in [5, 5.41) is 19.9. The van der Waals surface area contributed by atoms with E-state index < -0.39 is 18.0 Å². The van der Waals surface area contributed by atoms with E-state index in [9.17, 15) is 14.4 Å². The molecule has 9 heteroatoms. The van der Waals surface area contributed by atoms with Gasteiger partial charge in [-0.1, -0.05) is 0 Å². The average molecular weight is 288 g/mol. The Kier molecular flexibility index (Phi) is 6.19. The Morgan fingerprint density at radius 3 is 2.25 bits per heavy atom. The molecule has 0 aliphatic carbocycles. The number of piperazine rings is 1. The number of nitrogens with zero attached hydrogens (tertiary/aromatic N) is 2. The normalized spacial score (nSPS) is 17.6. The second-order valence-corrected chi connectivity index (χ2v) is 4.62. The number of carboxylic acids is 2. The summed E-state index contributed by atoms with van der Waals surface area (Å²) in [6, 6.07) is -1.26. The van der Waals surface area contributed by atoms with E-state index in [1.54, 1.807) is 9.80 Å². The number of nitrogens with two attached hydrogens (primary N) is 1. The fourth-order valence-electron chi connectivity index (χ4n) is 1.87. The molecule has 0 radical (unpaired) electrons. The summed E-state index contributed by atoms with van der Waals surface area (Å²) in [4.78, 5) is 36.1. The topological polar surface area (TPSA) is 136 Å². The fourth-order valence-corrected chi connectivity index (χ4v) is 1.87. The zero-order valence-electron chi connectivity index (χ0n) is 11.1. The predicted molar refractivity (Wildman–Crippen MR) is 69.3 cm³/mol. The van der Waals surface area contributed by atoms with E-state index in [0.29, 0.717) is 26.2 Å². The maximum atomic E-state index is 11.8. The zero-order chi connectivity index (χ0) is 15.1. The van der Waals surface area contributed by atoms with Gasteiger partial charge in [-0.15, -0.1) is 0 Å². The smallest absolute Gasteiger partial charge is 0.320 e.